The summed E-state index contributed by atoms with van der Waals surface area (Å²) in [5.41, 5.74) is 2.10. The SMILES string of the molecule is Cc1cccc(F)c1N1CCC(N2Cc3cn(CC(C)CO)nc3N(Cc3ccccc3C(F)(F)F)C2)CC1. The number of rotatable bonds is 7. The number of fused-ring (bicyclic) bond motifs is 1. The summed E-state index contributed by atoms with van der Waals surface area (Å²) in [7, 11) is 0. The lowest BCUT2D eigenvalue weighted by molar-refractivity contribution is -0.138. The molecule has 3 heterocycles. The van der Waals surface area contributed by atoms with E-state index in [4.69, 9.17) is 5.10 Å². The van der Waals surface area contributed by atoms with Crippen molar-refractivity contribution in [2.45, 2.75) is 58.5 Å². The predicted molar refractivity (Wildman–Crippen MR) is 143 cm³/mol. The summed E-state index contributed by atoms with van der Waals surface area (Å²) in [6.45, 7) is 6.99. The summed E-state index contributed by atoms with van der Waals surface area (Å²) in [6.07, 6.45) is -0.839. The molecule has 2 aromatic carbocycles. The van der Waals surface area contributed by atoms with Crippen molar-refractivity contribution in [1.29, 1.82) is 0 Å². The van der Waals surface area contributed by atoms with Crippen molar-refractivity contribution in [3.05, 3.63) is 76.7 Å². The van der Waals surface area contributed by atoms with E-state index in [9.17, 15) is 22.7 Å². The molecule has 1 N–H and O–H groups in total. The van der Waals surface area contributed by atoms with Crippen molar-refractivity contribution in [3.63, 3.8) is 0 Å². The number of aliphatic hydroxyl groups is 1. The van der Waals surface area contributed by atoms with Gasteiger partial charge in [0.05, 0.1) is 17.9 Å². The third-order valence-corrected chi connectivity index (χ3v) is 7.82. The maximum absolute atomic E-state index is 14.6. The quantitative estimate of drug-likeness (QED) is 0.402. The Bertz CT molecular complexity index is 1260. The van der Waals surface area contributed by atoms with Crippen molar-refractivity contribution in [1.82, 2.24) is 14.7 Å². The maximum atomic E-state index is 14.6. The molecule has 210 valence electrons. The van der Waals surface area contributed by atoms with Crippen LogP contribution in [0.1, 0.15) is 42.0 Å². The van der Waals surface area contributed by atoms with E-state index in [0.29, 0.717) is 44.4 Å². The van der Waals surface area contributed by atoms with Crippen LogP contribution in [-0.4, -0.2) is 52.2 Å². The van der Waals surface area contributed by atoms with Crippen LogP contribution in [0.5, 0.6) is 0 Å². The summed E-state index contributed by atoms with van der Waals surface area (Å²) >= 11 is 0. The van der Waals surface area contributed by atoms with Crippen molar-refractivity contribution < 1.29 is 22.7 Å². The fourth-order valence-corrected chi connectivity index (χ4v) is 5.84. The van der Waals surface area contributed by atoms with Gasteiger partial charge in [-0.25, -0.2) is 4.39 Å². The number of hydrogen-bond donors (Lipinski definition) is 1. The molecular weight excluding hydrogens is 510 g/mol. The predicted octanol–water partition coefficient (Wildman–Crippen LogP) is 5.43. The molecule has 0 spiro atoms. The van der Waals surface area contributed by atoms with Crippen LogP contribution in [0.4, 0.5) is 29.1 Å². The van der Waals surface area contributed by atoms with Gasteiger partial charge in [-0.15, -0.1) is 0 Å². The van der Waals surface area contributed by atoms with Crippen LogP contribution in [0.25, 0.3) is 0 Å². The zero-order valence-corrected chi connectivity index (χ0v) is 22.3. The number of aryl methyl sites for hydroxylation is 1. The van der Waals surface area contributed by atoms with Crippen LogP contribution in [0.15, 0.2) is 48.7 Å². The highest BCUT2D eigenvalue weighted by Crippen LogP contribution is 2.36. The maximum Gasteiger partial charge on any atom is 0.416 e. The number of para-hydroxylation sites is 1. The molecular formula is C29H35F4N5O. The molecule has 6 nitrogen and oxygen atoms in total. The van der Waals surface area contributed by atoms with E-state index in [0.717, 1.165) is 30.0 Å². The van der Waals surface area contributed by atoms with Crippen LogP contribution in [0.2, 0.25) is 0 Å². The van der Waals surface area contributed by atoms with Gasteiger partial charge in [0, 0.05) is 57.1 Å². The summed E-state index contributed by atoms with van der Waals surface area (Å²) in [5, 5.41) is 14.2. The van der Waals surface area contributed by atoms with Crippen molar-refractivity contribution in [3.8, 4) is 0 Å². The zero-order chi connectivity index (χ0) is 27.7. The molecule has 0 amide bonds. The fraction of sp³-hybridized carbons (Fsp3) is 0.483. The lowest BCUT2D eigenvalue weighted by Crippen LogP contribution is -2.51. The Morgan fingerprint density at radius 1 is 1.08 bits per heavy atom. The van der Waals surface area contributed by atoms with Gasteiger partial charge in [-0.05, 0) is 48.9 Å². The van der Waals surface area contributed by atoms with Gasteiger partial charge in [0.25, 0.3) is 0 Å². The molecule has 10 heteroatoms. The Labute approximate surface area is 226 Å². The van der Waals surface area contributed by atoms with Gasteiger partial charge in [0.15, 0.2) is 5.82 Å². The summed E-state index contributed by atoms with van der Waals surface area (Å²) in [5.74, 6) is 0.482. The Balaban J connectivity index is 1.38. The van der Waals surface area contributed by atoms with Crippen LogP contribution < -0.4 is 9.80 Å². The lowest BCUT2D eigenvalue weighted by atomic mass is 10.00. The lowest BCUT2D eigenvalue weighted by Gasteiger charge is -2.44. The zero-order valence-electron chi connectivity index (χ0n) is 22.3. The number of aromatic nitrogens is 2. The molecule has 0 bridgehead atoms. The number of benzene rings is 2. The smallest absolute Gasteiger partial charge is 0.396 e. The van der Waals surface area contributed by atoms with E-state index in [-0.39, 0.29) is 36.5 Å². The number of alkyl halides is 3. The molecule has 5 rings (SSSR count). The average Bonchev–Trinajstić information content (AvgIpc) is 3.31. The summed E-state index contributed by atoms with van der Waals surface area (Å²) < 4.78 is 57.7. The molecule has 39 heavy (non-hydrogen) atoms. The molecule has 0 radical (unpaired) electrons. The molecule has 2 aliphatic heterocycles. The second kappa shape index (κ2) is 11.2. The van der Waals surface area contributed by atoms with Crippen LogP contribution >= 0.6 is 0 Å². The van der Waals surface area contributed by atoms with Crippen molar-refractivity contribution in [2.24, 2.45) is 5.92 Å². The molecule has 0 aliphatic carbocycles. The Kier molecular flexibility index (Phi) is 7.87. The second-order valence-electron chi connectivity index (χ2n) is 10.9. The van der Waals surface area contributed by atoms with Crippen LogP contribution in [0.3, 0.4) is 0 Å². The van der Waals surface area contributed by atoms with Gasteiger partial charge in [0.1, 0.15) is 5.82 Å². The molecule has 3 aromatic rings. The van der Waals surface area contributed by atoms with Crippen LogP contribution in [0, 0.1) is 18.7 Å². The number of anilines is 2. The van der Waals surface area contributed by atoms with E-state index >= 15 is 0 Å². The first-order chi connectivity index (χ1) is 18.6. The topological polar surface area (TPSA) is 47.8 Å². The van der Waals surface area contributed by atoms with E-state index in [1.54, 1.807) is 16.8 Å². The van der Waals surface area contributed by atoms with Gasteiger partial charge in [-0.2, -0.15) is 18.3 Å². The van der Waals surface area contributed by atoms with Gasteiger partial charge in [-0.3, -0.25) is 9.58 Å². The largest absolute Gasteiger partial charge is 0.416 e. The Morgan fingerprint density at radius 3 is 2.51 bits per heavy atom. The number of piperidine rings is 1. The second-order valence-corrected chi connectivity index (χ2v) is 10.9. The first-order valence-electron chi connectivity index (χ1n) is 13.5. The average molecular weight is 546 g/mol. The third-order valence-electron chi connectivity index (χ3n) is 7.82. The van der Waals surface area contributed by atoms with Gasteiger partial charge in [-0.1, -0.05) is 37.3 Å². The first kappa shape index (κ1) is 27.5. The van der Waals surface area contributed by atoms with E-state index in [1.807, 2.05) is 31.0 Å². The minimum absolute atomic E-state index is 0.00743. The van der Waals surface area contributed by atoms with E-state index < -0.39 is 11.7 Å². The molecule has 2 aliphatic rings. The Morgan fingerprint density at radius 2 is 1.82 bits per heavy atom. The standard InChI is InChI=1S/C29H35F4N5O/c1-20(18-39)14-38-17-23-16-36(24-10-12-35(13-11-24)27-21(2)6-5-9-26(27)30)19-37(28(23)34-38)15-22-7-3-4-8-25(22)29(31,32)33/h3-9,17,20,24,39H,10-16,18-19H2,1-2H3. The third kappa shape index (κ3) is 5.91. The minimum atomic E-state index is -4.44. The molecule has 1 aromatic heterocycles. The van der Waals surface area contributed by atoms with Crippen molar-refractivity contribution >= 4 is 11.5 Å². The first-order valence-corrected chi connectivity index (χ1v) is 13.5. The molecule has 1 saturated heterocycles. The van der Waals surface area contributed by atoms with Gasteiger partial charge < -0.3 is 14.9 Å². The van der Waals surface area contributed by atoms with Crippen LogP contribution in [-0.2, 0) is 25.8 Å². The molecule has 1 unspecified atom stereocenters. The molecule has 1 atom stereocenters. The molecule has 1 fully saturated rings. The Hall–Kier alpha value is -3.11. The van der Waals surface area contributed by atoms with Gasteiger partial charge >= 0.3 is 6.18 Å². The highest BCUT2D eigenvalue weighted by atomic mass is 19.4. The monoisotopic (exact) mass is 545 g/mol. The summed E-state index contributed by atoms with van der Waals surface area (Å²) in [4.78, 5) is 6.34. The summed E-state index contributed by atoms with van der Waals surface area (Å²) in [6, 6.07) is 11.0. The number of hydrogen-bond acceptors (Lipinski definition) is 5. The molecule has 0 saturated carbocycles. The number of aliphatic hydroxyl groups excluding tert-OH is 1. The van der Waals surface area contributed by atoms with Gasteiger partial charge in [0.2, 0.25) is 0 Å². The number of nitrogens with zero attached hydrogens (tertiary/aromatic N) is 5. The normalized spacial score (nSPS) is 17.9. The fourth-order valence-electron chi connectivity index (χ4n) is 5.84. The van der Waals surface area contributed by atoms with E-state index in [1.165, 1.54) is 18.2 Å². The minimum Gasteiger partial charge on any atom is -0.396 e. The number of halogens is 4. The highest BCUT2D eigenvalue weighted by Gasteiger charge is 2.36. The highest BCUT2D eigenvalue weighted by molar-refractivity contribution is 5.55. The van der Waals surface area contributed by atoms with E-state index in [2.05, 4.69) is 9.80 Å². The van der Waals surface area contributed by atoms with Crippen molar-refractivity contribution in [2.75, 3.05) is 36.2 Å².